The van der Waals surface area contributed by atoms with E-state index in [1.807, 2.05) is 16.1 Å². The van der Waals surface area contributed by atoms with Crippen molar-refractivity contribution in [1.82, 2.24) is 14.9 Å². The lowest BCUT2D eigenvalue weighted by Gasteiger charge is -2.19. The molecule has 0 saturated carbocycles. The number of carbonyl (C=O) groups is 3. The summed E-state index contributed by atoms with van der Waals surface area (Å²) in [7, 11) is 0. The van der Waals surface area contributed by atoms with E-state index in [4.69, 9.17) is 10.2 Å². The van der Waals surface area contributed by atoms with E-state index >= 15 is 0 Å². The summed E-state index contributed by atoms with van der Waals surface area (Å²) in [5.74, 6) is -1.37. The van der Waals surface area contributed by atoms with Crippen molar-refractivity contribution in [3.05, 3.63) is 57.8 Å². The first-order valence-corrected chi connectivity index (χ1v) is 9.54. The van der Waals surface area contributed by atoms with Crippen molar-refractivity contribution < 1.29 is 24.6 Å². The Balaban J connectivity index is 0.000000242. The molecular weight excluding hydrogens is 382 g/mol. The zero-order valence-electron chi connectivity index (χ0n) is 14.9. The fourth-order valence-corrected chi connectivity index (χ4v) is 4.04. The molecule has 0 unspecified atom stereocenters. The maximum Gasteiger partial charge on any atom is 0.328 e. The number of nitrogens with zero attached hydrogens (tertiary/aromatic N) is 2. The van der Waals surface area contributed by atoms with Gasteiger partial charge >= 0.3 is 11.9 Å². The average Bonchev–Trinajstić information content (AvgIpc) is 3.31. The van der Waals surface area contributed by atoms with Crippen molar-refractivity contribution in [2.75, 3.05) is 13.1 Å². The topological polar surface area (TPSA) is 122 Å². The van der Waals surface area contributed by atoms with Crippen molar-refractivity contribution in [3.8, 4) is 0 Å². The predicted octanol–water partition coefficient (Wildman–Crippen LogP) is 2.04. The fourth-order valence-electron chi connectivity index (χ4n) is 3.20. The Hall–Kier alpha value is -3.04. The number of carboxylic acids is 2. The van der Waals surface area contributed by atoms with E-state index in [1.165, 1.54) is 11.1 Å². The molecule has 3 N–H and O–H groups in total. The molecule has 1 fully saturated rings. The van der Waals surface area contributed by atoms with Gasteiger partial charge in [0.2, 0.25) is 0 Å². The molecular formula is C19H19N3O5S. The molecule has 0 radical (unpaired) electrons. The molecule has 2 aliphatic heterocycles. The van der Waals surface area contributed by atoms with E-state index in [2.05, 4.69) is 16.4 Å². The van der Waals surface area contributed by atoms with Crippen LogP contribution >= 0.6 is 11.3 Å². The number of ketones is 1. The van der Waals surface area contributed by atoms with Crippen molar-refractivity contribution in [3.63, 3.8) is 0 Å². The van der Waals surface area contributed by atoms with E-state index in [1.54, 1.807) is 17.5 Å². The molecule has 28 heavy (non-hydrogen) atoms. The Bertz CT molecular complexity index is 946. The van der Waals surface area contributed by atoms with Gasteiger partial charge in [0.1, 0.15) is 5.82 Å². The molecule has 2 aliphatic rings. The van der Waals surface area contributed by atoms with Gasteiger partial charge in [-0.05, 0) is 37.4 Å². The van der Waals surface area contributed by atoms with Crippen LogP contribution in [0.15, 0.2) is 41.6 Å². The largest absolute Gasteiger partial charge is 0.478 e. The number of aliphatic carboxylic acids is 2. The molecule has 1 saturated heterocycles. The lowest BCUT2D eigenvalue weighted by atomic mass is 9.93. The van der Waals surface area contributed by atoms with Crippen LogP contribution in [0.1, 0.15) is 33.9 Å². The highest BCUT2D eigenvalue weighted by atomic mass is 32.1. The first-order chi connectivity index (χ1) is 13.5. The summed E-state index contributed by atoms with van der Waals surface area (Å²) in [6, 6.07) is 2.08. The molecule has 0 amide bonds. The molecule has 0 aromatic carbocycles. The van der Waals surface area contributed by atoms with E-state index < -0.39 is 11.9 Å². The summed E-state index contributed by atoms with van der Waals surface area (Å²) in [6.07, 6.45) is 6.88. The zero-order chi connectivity index (χ0) is 20.1. The van der Waals surface area contributed by atoms with Crippen LogP contribution in [0.25, 0.3) is 5.57 Å². The zero-order valence-corrected chi connectivity index (χ0v) is 15.7. The predicted molar refractivity (Wildman–Crippen MR) is 103 cm³/mol. The highest BCUT2D eigenvalue weighted by Crippen LogP contribution is 2.36. The number of nitrogens with one attached hydrogen (secondary N) is 1. The molecule has 0 atom stereocenters. The van der Waals surface area contributed by atoms with Gasteiger partial charge in [0.25, 0.3) is 0 Å². The molecule has 0 spiro atoms. The van der Waals surface area contributed by atoms with Crippen molar-refractivity contribution in [2.24, 2.45) is 0 Å². The quantitative estimate of drug-likeness (QED) is 0.658. The Morgan fingerprint density at radius 2 is 1.86 bits per heavy atom. The van der Waals surface area contributed by atoms with Crippen LogP contribution in [0.4, 0.5) is 0 Å². The smallest absolute Gasteiger partial charge is 0.328 e. The fraction of sp³-hybridized carbons (Fsp3) is 0.263. The summed E-state index contributed by atoms with van der Waals surface area (Å²) in [6.45, 7) is 2.41. The second kappa shape index (κ2) is 8.77. The number of piperidine rings is 1. The second-order valence-corrected chi connectivity index (χ2v) is 7.12. The summed E-state index contributed by atoms with van der Waals surface area (Å²) in [4.78, 5) is 36.9. The molecule has 2 aromatic rings. The van der Waals surface area contributed by atoms with Crippen molar-refractivity contribution >= 4 is 34.6 Å². The molecule has 4 heterocycles. The molecule has 0 bridgehead atoms. The Kier molecular flexibility index (Phi) is 6.17. The first kappa shape index (κ1) is 19.7. The van der Waals surface area contributed by atoms with Crippen LogP contribution in [0, 0.1) is 0 Å². The van der Waals surface area contributed by atoms with Gasteiger partial charge in [-0.25, -0.2) is 14.6 Å². The molecule has 146 valence electrons. The molecule has 0 aliphatic carbocycles. The van der Waals surface area contributed by atoms with E-state index in [9.17, 15) is 14.4 Å². The van der Waals surface area contributed by atoms with Gasteiger partial charge in [-0.15, -0.1) is 11.3 Å². The Morgan fingerprint density at radius 3 is 2.50 bits per heavy atom. The minimum absolute atomic E-state index is 0.193. The molecule has 9 heteroatoms. The minimum atomic E-state index is -1.26. The van der Waals surface area contributed by atoms with E-state index in [0.717, 1.165) is 42.2 Å². The number of hydrogen-bond donors (Lipinski definition) is 3. The number of hydrogen-bond acceptors (Lipinski definition) is 6. The van der Waals surface area contributed by atoms with E-state index in [-0.39, 0.29) is 5.78 Å². The minimum Gasteiger partial charge on any atom is -0.478 e. The SMILES string of the molecule is O=C(O)/C=C/C(=O)O.O=C1Cn2ccnc2C(=C2CCNCC2)c2ccsc21. The molecule has 8 nitrogen and oxygen atoms in total. The van der Waals surface area contributed by atoms with Gasteiger partial charge in [0.05, 0.1) is 11.4 Å². The maximum atomic E-state index is 12.4. The van der Waals surface area contributed by atoms with E-state index in [0.29, 0.717) is 18.7 Å². The number of rotatable bonds is 2. The van der Waals surface area contributed by atoms with Gasteiger partial charge in [-0.2, -0.15) is 0 Å². The number of imidazole rings is 1. The van der Waals surface area contributed by atoms with Gasteiger partial charge in [0.15, 0.2) is 5.78 Å². The number of carboxylic acid groups (broad SMARTS) is 2. The summed E-state index contributed by atoms with van der Waals surface area (Å²) < 4.78 is 1.99. The molecule has 4 rings (SSSR count). The third-order valence-electron chi connectivity index (χ3n) is 4.37. The number of thiophene rings is 1. The second-order valence-electron chi connectivity index (χ2n) is 6.20. The number of Topliss-reactive ketones (excluding diaryl/α,β-unsaturated/α-hetero) is 1. The van der Waals surface area contributed by atoms with Crippen LogP contribution in [0.3, 0.4) is 0 Å². The van der Waals surface area contributed by atoms with Gasteiger partial charge in [-0.3, -0.25) is 4.79 Å². The Labute approximate surface area is 164 Å². The van der Waals surface area contributed by atoms with Gasteiger partial charge in [-0.1, -0.05) is 5.57 Å². The number of fused-ring (bicyclic) bond motifs is 2. The van der Waals surface area contributed by atoms with Crippen molar-refractivity contribution in [1.29, 1.82) is 0 Å². The van der Waals surface area contributed by atoms with Crippen molar-refractivity contribution in [2.45, 2.75) is 19.4 Å². The highest BCUT2D eigenvalue weighted by molar-refractivity contribution is 7.12. The highest BCUT2D eigenvalue weighted by Gasteiger charge is 2.27. The van der Waals surface area contributed by atoms with Crippen LogP contribution < -0.4 is 5.32 Å². The standard InChI is InChI=1S/C15H15N3OS.C4H4O4/c19-12-9-18-7-6-17-15(18)13(10-1-4-16-5-2-10)11-3-8-20-14(11)12;5-3(6)1-2-4(7)8/h3,6-8,16H,1-2,4-5,9H2;1-2H,(H,5,6)(H,7,8)/b;2-1+. The van der Waals surface area contributed by atoms with Gasteiger partial charge < -0.3 is 20.1 Å². The number of aromatic nitrogens is 2. The lowest BCUT2D eigenvalue weighted by molar-refractivity contribution is -0.134. The summed E-state index contributed by atoms with van der Waals surface area (Å²) in [5, 5.41) is 21.0. The lowest BCUT2D eigenvalue weighted by Crippen LogP contribution is -2.24. The maximum absolute atomic E-state index is 12.4. The van der Waals surface area contributed by atoms with Crippen LogP contribution in [-0.4, -0.2) is 50.6 Å². The van der Waals surface area contributed by atoms with Crippen LogP contribution in [0.2, 0.25) is 0 Å². The van der Waals surface area contributed by atoms with Gasteiger partial charge in [0, 0.05) is 35.7 Å². The summed E-state index contributed by atoms with van der Waals surface area (Å²) >= 11 is 1.55. The van der Waals surface area contributed by atoms with Crippen LogP contribution in [-0.2, 0) is 16.1 Å². The monoisotopic (exact) mass is 401 g/mol. The normalized spacial score (nSPS) is 16.1. The van der Waals surface area contributed by atoms with Crippen LogP contribution in [0.5, 0.6) is 0 Å². The third kappa shape index (κ3) is 4.44. The summed E-state index contributed by atoms with van der Waals surface area (Å²) in [5.41, 5.74) is 3.70. The molecule has 2 aromatic heterocycles. The average molecular weight is 401 g/mol. The third-order valence-corrected chi connectivity index (χ3v) is 5.33. The Morgan fingerprint density at radius 1 is 1.18 bits per heavy atom. The first-order valence-electron chi connectivity index (χ1n) is 8.66. The number of carbonyl (C=O) groups excluding carboxylic acids is 1.